The highest BCUT2D eigenvalue weighted by Gasteiger charge is 2.47. The first-order chi connectivity index (χ1) is 16.4. The zero-order valence-electron chi connectivity index (χ0n) is 20.0. The molecule has 1 aromatic heterocycles. The summed E-state index contributed by atoms with van der Waals surface area (Å²) in [5.41, 5.74) is 4.28. The summed E-state index contributed by atoms with van der Waals surface area (Å²) < 4.78 is 5.53. The Morgan fingerprint density at radius 1 is 1.24 bits per heavy atom. The zero-order valence-corrected chi connectivity index (χ0v) is 20.0. The number of fused-ring (bicyclic) bond motifs is 1. The van der Waals surface area contributed by atoms with Gasteiger partial charge in [0.05, 0.1) is 19.3 Å². The Bertz CT molecular complexity index is 1020. The summed E-state index contributed by atoms with van der Waals surface area (Å²) in [6, 6.07) is 8.68. The zero-order chi connectivity index (χ0) is 24.2. The molecule has 34 heavy (non-hydrogen) atoms. The number of hydrogen-bond acceptors (Lipinski definition) is 7. The number of nitrogens with one attached hydrogen (secondary N) is 1. The minimum atomic E-state index is -0.250. The molecular formula is C25H33N5O4. The number of carbonyl (C=O) groups is 2. The van der Waals surface area contributed by atoms with Gasteiger partial charge in [0, 0.05) is 60.8 Å². The maximum atomic E-state index is 12.8. The first-order valence-electron chi connectivity index (χ1n) is 11.8. The highest BCUT2D eigenvalue weighted by atomic mass is 16.5. The molecule has 2 N–H and O–H groups in total. The summed E-state index contributed by atoms with van der Waals surface area (Å²) in [4.78, 5) is 34.6. The third-order valence-electron chi connectivity index (χ3n) is 6.87. The van der Waals surface area contributed by atoms with Gasteiger partial charge in [-0.15, -0.1) is 0 Å². The maximum absolute atomic E-state index is 12.8. The lowest BCUT2D eigenvalue weighted by Crippen LogP contribution is -2.51. The van der Waals surface area contributed by atoms with Crippen molar-refractivity contribution in [3.8, 4) is 0 Å². The van der Waals surface area contributed by atoms with Gasteiger partial charge < -0.3 is 25.0 Å². The van der Waals surface area contributed by atoms with Crippen molar-refractivity contribution in [2.24, 2.45) is 11.8 Å². The van der Waals surface area contributed by atoms with Gasteiger partial charge in [-0.2, -0.15) is 0 Å². The van der Waals surface area contributed by atoms with Crippen molar-refractivity contribution < 1.29 is 19.4 Å². The first kappa shape index (κ1) is 23.9. The number of anilines is 3. The van der Waals surface area contributed by atoms with Crippen LogP contribution < -0.4 is 15.1 Å². The molecule has 3 atom stereocenters. The topological polar surface area (TPSA) is 108 Å². The van der Waals surface area contributed by atoms with Crippen LogP contribution in [0.1, 0.15) is 44.0 Å². The van der Waals surface area contributed by atoms with Crippen LogP contribution in [0.25, 0.3) is 0 Å². The van der Waals surface area contributed by atoms with E-state index in [0.717, 1.165) is 43.2 Å². The smallest absolute Gasteiger partial charge is 0.290 e. The summed E-state index contributed by atoms with van der Waals surface area (Å²) in [6.07, 6.45) is 4.17. The van der Waals surface area contributed by atoms with Crippen LogP contribution in [0.4, 0.5) is 17.3 Å². The fourth-order valence-corrected chi connectivity index (χ4v) is 5.23. The van der Waals surface area contributed by atoms with Crippen LogP contribution in [0.15, 0.2) is 30.5 Å². The van der Waals surface area contributed by atoms with Crippen LogP contribution in [-0.4, -0.2) is 59.8 Å². The van der Waals surface area contributed by atoms with Crippen LogP contribution in [-0.2, 0) is 14.3 Å². The van der Waals surface area contributed by atoms with E-state index in [0.29, 0.717) is 11.9 Å². The summed E-state index contributed by atoms with van der Waals surface area (Å²) >= 11 is 0. The number of rotatable bonds is 4. The number of carbonyl (C=O) groups excluding carboxylic acids is 1. The van der Waals surface area contributed by atoms with Gasteiger partial charge in [0.25, 0.3) is 6.47 Å². The Kier molecular flexibility index (Phi) is 7.31. The standard InChI is InChI=1S/C24H31N5O2.CH2O2/c1-15-8-9-25-24(26-15)27-22-16(2)23(18-4-5-18)29(17(3)30)21-7-6-19(14-20(21)22)28-10-12-31-13-11-28;2-1-3/h6-9,14,16,18,22-23H,4-5,10-13H2,1-3H3,(H,25,26,27);1H,(H,2,3)/t16-,22-,23-;/m1./s1. The molecule has 2 fully saturated rings. The van der Waals surface area contributed by atoms with Crippen LogP contribution in [0.2, 0.25) is 0 Å². The van der Waals surface area contributed by atoms with Gasteiger partial charge in [0.2, 0.25) is 11.9 Å². The van der Waals surface area contributed by atoms with E-state index in [4.69, 9.17) is 14.6 Å². The third kappa shape index (κ3) is 4.99. The third-order valence-corrected chi connectivity index (χ3v) is 6.87. The molecule has 1 aliphatic carbocycles. The molecule has 9 heteroatoms. The molecule has 0 bridgehead atoms. The van der Waals surface area contributed by atoms with Gasteiger partial charge in [0.15, 0.2) is 0 Å². The lowest BCUT2D eigenvalue weighted by Gasteiger charge is -2.46. The van der Waals surface area contributed by atoms with Gasteiger partial charge >= 0.3 is 0 Å². The average Bonchev–Trinajstić information content (AvgIpc) is 3.66. The molecule has 3 heterocycles. The molecule has 1 saturated heterocycles. The molecule has 182 valence electrons. The second-order valence-corrected chi connectivity index (χ2v) is 9.17. The van der Waals surface area contributed by atoms with Crippen molar-refractivity contribution in [3.05, 3.63) is 41.7 Å². The van der Waals surface area contributed by atoms with Crippen molar-refractivity contribution >= 4 is 29.7 Å². The van der Waals surface area contributed by atoms with E-state index in [1.165, 1.54) is 18.5 Å². The van der Waals surface area contributed by atoms with E-state index in [9.17, 15) is 4.79 Å². The number of ether oxygens (including phenoxy) is 1. The molecule has 2 aliphatic heterocycles. The van der Waals surface area contributed by atoms with E-state index in [1.54, 1.807) is 13.1 Å². The summed E-state index contributed by atoms with van der Waals surface area (Å²) in [7, 11) is 0. The number of nitrogens with zero attached hydrogens (tertiary/aromatic N) is 4. The predicted molar refractivity (Wildman–Crippen MR) is 130 cm³/mol. The van der Waals surface area contributed by atoms with Gasteiger partial charge in [-0.05, 0) is 49.9 Å². The van der Waals surface area contributed by atoms with Crippen LogP contribution in [0.3, 0.4) is 0 Å². The van der Waals surface area contributed by atoms with Crippen LogP contribution >= 0.6 is 0 Å². The van der Waals surface area contributed by atoms with Crippen molar-refractivity contribution in [2.75, 3.05) is 41.4 Å². The molecular weight excluding hydrogens is 434 g/mol. The molecule has 1 amide bonds. The Balaban J connectivity index is 0.000000868. The van der Waals surface area contributed by atoms with Crippen LogP contribution in [0.5, 0.6) is 0 Å². The van der Waals surface area contributed by atoms with E-state index in [1.807, 2.05) is 13.0 Å². The fraction of sp³-hybridized carbons (Fsp3) is 0.520. The molecule has 3 aliphatic rings. The Hall–Kier alpha value is -3.20. The van der Waals surface area contributed by atoms with Gasteiger partial charge in [-0.1, -0.05) is 6.92 Å². The Labute approximate surface area is 200 Å². The Morgan fingerprint density at radius 2 is 1.94 bits per heavy atom. The monoisotopic (exact) mass is 467 g/mol. The highest BCUT2D eigenvalue weighted by molar-refractivity contribution is 5.94. The maximum Gasteiger partial charge on any atom is 0.290 e. The van der Waals surface area contributed by atoms with E-state index in [-0.39, 0.29) is 30.4 Å². The van der Waals surface area contributed by atoms with Crippen molar-refractivity contribution in [2.45, 2.75) is 45.7 Å². The largest absolute Gasteiger partial charge is 0.483 e. The number of morpholine rings is 1. The van der Waals surface area contributed by atoms with Crippen molar-refractivity contribution in [3.63, 3.8) is 0 Å². The number of aryl methyl sites for hydroxylation is 1. The molecule has 0 spiro atoms. The number of carboxylic acid groups (broad SMARTS) is 1. The van der Waals surface area contributed by atoms with Gasteiger partial charge in [-0.3, -0.25) is 9.59 Å². The van der Waals surface area contributed by atoms with E-state index >= 15 is 0 Å². The lowest BCUT2D eigenvalue weighted by atomic mass is 9.79. The lowest BCUT2D eigenvalue weighted by molar-refractivity contribution is -0.123. The summed E-state index contributed by atoms with van der Waals surface area (Å²) in [5, 5.41) is 10.5. The minimum Gasteiger partial charge on any atom is -0.483 e. The summed E-state index contributed by atoms with van der Waals surface area (Å²) in [6.45, 7) is 8.94. The highest BCUT2D eigenvalue weighted by Crippen LogP contribution is 2.50. The van der Waals surface area contributed by atoms with Gasteiger partial charge in [0.1, 0.15) is 0 Å². The molecule has 0 unspecified atom stereocenters. The number of benzene rings is 1. The summed E-state index contributed by atoms with van der Waals surface area (Å²) in [5.74, 6) is 1.57. The number of amides is 1. The second-order valence-electron chi connectivity index (χ2n) is 9.17. The molecule has 2 aromatic rings. The predicted octanol–water partition coefficient (Wildman–Crippen LogP) is 3.26. The second kappa shape index (κ2) is 10.4. The fourth-order valence-electron chi connectivity index (χ4n) is 5.23. The van der Waals surface area contributed by atoms with Gasteiger partial charge in [-0.25, -0.2) is 9.97 Å². The van der Waals surface area contributed by atoms with E-state index in [2.05, 4.69) is 50.2 Å². The van der Waals surface area contributed by atoms with E-state index < -0.39 is 0 Å². The Morgan fingerprint density at radius 3 is 2.56 bits per heavy atom. The molecule has 0 radical (unpaired) electrons. The number of aromatic nitrogens is 2. The number of hydrogen-bond donors (Lipinski definition) is 2. The molecule has 9 nitrogen and oxygen atoms in total. The first-order valence-corrected chi connectivity index (χ1v) is 11.8. The van der Waals surface area contributed by atoms with Crippen molar-refractivity contribution in [1.29, 1.82) is 0 Å². The minimum absolute atomic E-state index is 0.0407. The quantitative estimate of drug-likeness (QED) is 0.660. The van der Waals surface area contributed by atoms with Crippen LogP contribution in [0, 0.1) is 18.8 Å². The SMILES string of the molecule is CC(=O)N1c2ccc(N3CCOCC3)cc2[C@H](Nc2nccc(C)n2)[C@@H](C)[C@@H]1C1CC1.O=CO. The molecule has 1 saturated carbocycles. The molecule has 5 rings (SSSR count). The molecule has 1 aromatic carbocycles. The normalized spacial score (nSPS) is 23.9. The average molecular weight is 468 g/mol. The van der Waals surface area contributed by atoms with Crippen molar-refractivity contribution in [1.82, 2.24) is 9.97 Å².